The molecule has 0 spiro atoms. The maximum atomic E-state index is 10.3. The Morgan fingerprint density at radius 2 is 1.75 bits per heavy atom. The molecule has 0 bridgehead atoms. The van der Waals surface area contributed by atoms with Crippen LogP contribution in [0.4, 0.5) is 0 Å². The van der Waals surface area contributed by atoms with E-state index in [2.05, 4.69) is 23.5 Å². The van der Waals surface area contributed by atoms with Crippen molar-refractivity contribution in [2.24, 2.45) is 5.29 Å². The van der Waals surface area contributed by atoms with Gasteiger partial charge in [-0.05, 0) is 17.2 Å². The molecule has 0 saturated carbocycles. The van der Waals surface area contributed by atoms with Gasteiger partial charge in [0.15, 0.2) is 0 Å². The summed E-state index contributed by atoms with van der Waals surface area (Å²) in [6.45, 7) is 0.914. The van der Waals surface area contributed by atoms with Gasteiger partial charge in [0.05, 0.1) is 11.8 Å². The van der Waals surface area contributed by atoms with Gasteiger partial charge in [-0.25, -0.2) is 0 Å². The van der Waals surface area contributed by atoms with Crippen LogP contribution < -0.4 is 4.74 Å². The molecule has 0 radical (unpaired) electrons. The molecule has 0 unspecified atom stereocenters. The highest BCUT2D eigenvalue weighted by Gasteiger charge is 2.04. The fourth-order valence-corrected chi connectivity index (χ4v) is 1.93. The first-order valence-corrected chi connectivity index (χ1v) is 6.58. The van der Waals surface area contributed by atoms with Crippen molar-refractivity contribution in [3.8, 4) is 5.75 Å². The Morgan fingerprint density at radius 3 is 2.50 bits per heavy atom. The molecule has 0 aromatic heterocycles. The number of benzene rings is 2. The van der Waals surface area contributed by atoms with Gasteiger partial charge in [-0.1, -0.05) is 48.5 Å². The van der Waals surface area contributed by atoms with Gasteiger partial charge in [0.2, 0.25) is 0 Å². The number of hydrogen-bond acceptors (Lipinski definition) is 3. The van der Waals surface area contributed by atoms with Crippen molar-refractivity contribution in [1.82, 2.24) is 5.01 Å². The minimum atomic E-state index is 0.439. The molecule has 0 saturated heterocycles. The molecule has 0 aliphatic rings. The Morgan fingerprint density at radius 1 is 1.05 bits per heavy atom. The van der Waals surface area contributed by atoms with Crippen LogP contribution in [0, 0.1) is 4.91 Å². The third-order valence-electron chi connectivity index (χ3n) is 3.02. The van der Waals surface area contributed by atoms with Crippen molar-refractivity contribution in [2.75, 3.05) is 20.2 Å². The van der Waals surface area contributed by atoms with E-state index >= 15 is 0 Å². The number of nitroso groups, excluding NO2 is 1. The van der Waals surface area contributed by atoms with Crippen LogP contribution in [-0.4, -0.2) is 25.2 Å². The number of hydrogen-bond donors (Lipinski definition) is 0. The molecular formula is C16H18N2O2. The van der Waals surface area contributed by atoms with E-state index in [1.54, 1.807) is 7.05 Å². The molecular weight excluding hydrogens is 252 g/mol. The summed E-state index contributed by atoms with van der Waals surface area (Å²) in [5.41, 5.74) is 2.38. The van der Waals surface area contributed by atoms with Crippen LogP contribution in [0.3, 0.4) is 0 Å². The van der Waals surface area contributed by atoms with Gasteiger partial charge in [0, 0.05) is 13.5 Å². The lowest BCUT2D eigenvalue weighted by Crippen LogP contribution is -2.18. The SMILES string of the molecule is CN(CCOc1ccccc1Cc1ccccc1)N=O. The maximum Gasteiger partial charge on any atom is 0.122 e. The van der Waals surface area contributed by atoms with Gasteiger partial charge in [0.25, 0.3) is 0 Å². The van der Waals surface area contributed by atoms with E-state index in [9.17, 15) is 4.91 Å². The van der Waals surface area contributed by atoms with Crippen molar-refractivity contribution in [2.45, 2.75) is 6.42 Å². The third kappa shape index (κ3) is 4.09. The molecule has 20 heavy (non-hydrogen) atoms. The summed E-state index contributed by atoms with van der Waals surface area (Å²) >= 11 is 0. The second-order valence-electron chi connectivity index (χ2n) is 4.58. The van der Waals surface area contributed by atoms with Crippen LogP contribution in [0.15, 0.2) is 59.9 Å². The van der Waals surface area contributed by atoms with Crippen molar-refractivity contribution < 1.29 is 4.74 Å². The van der Waals surface area contributed by atoms with E-state index in [-0.39, 0.29) is 0 Å². The van der Waals surface area contributed by atoms with Crippen LogP contribution in [0.2, 0.25) is 0 Å². The number of rotatable bonds is 7. The Balaban J connectivity index is 2.01. The maximum absolute atomic E-state index is 10.3. The van der Waals surface area contributed by atoms with E-state index in [0.29, 0.717) is 13.2 Å². The summed E-state index contributed by atoms with van der Waals surface area (Å²) in [5, 5.41) is 4.13. The zero-order chi connectivity index (χ0) is 14.2. The second kappa shape index (κ2) is 7.28. The van der Waals surface area contributed by atoms with Crippen LogP contribution in [0.1, 0.15) is 11.1 Å². The smallest absolute Gasteiger partial charge is 0.122 e. The summed E-state index contributed by atoms with van der Waals surface area (Å²) in [7, 11) is 1.63. The zero-order valence-electron chi connectivity index (χ0n) is 11.5. The number of nitrogens with zero attached hydrogens (tertiary/aromatic N) is 2. The van der Waals surface area contributed by atoms with E-state index in [1.807, 2.05) is 36.4 Å². The summed E-state index contributed by atoms with van der Waals surface area (Å²) in [6, 6.07) is 18.2. The van der Waals surface area contributed by atoms with Crippen molar-refractivity contribution in [1.29, 1.82) is 0 Å². The number of ether oxygens (including phenoxy) is 1. The Kier molecular flexibility index (Phi) is 5.12. The highest BCUT2D eigenvalue weighted by Crippen LogP contribution is 2.21. The van der Waals surface area contributed by atoms with Gasteiger partial charge < -0.3 is 4.74 Å². The van der Waals surface area contributed by atoms with Crippen LogP contribution in [-0.2, 0) is 6.42 Å². The lowest BCUT2D eigenvalue weighted by molar-refractivity contribution is 0.240. The average Bonchev–Trinajstić information content (AvgIpc) is 2.50. The molecule has 4 nitrogen and oxygen atoms in total. The molecule has 0 aliphatic carbocycles. The number of para-hydroxylation sites is 1. The Bertz CT molecular complexity index is 543. The van der Waals surface area contributed by atoms with E-state index in [0.717, 1.165) is 17.7 Å². The fraction of sp³-hybridized carbons (Fsp3) is 0.250. The summed E-state index contributed by atoms with van der Waals surface area (Å²) in [5.74, 6) is 0.857. The topological polar surface area (TPSA) is 41.9 Å². The molecule has 2 aromatic rings. The quantitative estimate of drug-likeness (QED) is 0.573. The highest BCUT2D eigenvalue weighted by molar-refractivity contribution is 5.37. The summed E-state index contributed by atoms with van der Waals surface area (Å²) in [4.78, 5) is 10.3. The molecule has 0 heterocycles. The van der Waals surface area contributed by atoms with Gasteiger partial charge in [-0.3, -0.25) is 5.01 Å². The first kappa shape index (κ1) is 14.1. The molecule has 0 aliphatic heterocycles. The van der Waals surface area contributed by atoms with Crippen molar-refractivity contribution >= 4 is 0 Å². The van der Waals surface area contributed by atoms with E-state index in [1.165, 1.54) is 10.6 Å². The van der Waals surface area contributed by atoms with Gasteiger partial charge in [-0.15, -0.1) is 4.91 Å². The zero-order valence-corrected chi connectivity index (χ0v) is 11.5. The highest BCUT2D eigenvalue weighted by atomic mass is 16.5. The first-order chi connectivity index (χ1) is 9.79. The first-order valence-electron chi connectivity index (χ1n) is 6.58. The van der Waals surface area contributed by atoms with Crippen LogP contribution >= 0.6 is 0 Å². The molecule has 0 amide bonds. The summed E-state index contributed by atoms with van der Waals surface area (Å²) < 4.78 is 5.74. The summed E-state index contributed by atoms with van der Waals surface area (Å²) in [6.07, 6.45) is 0.832. The third-order valence-corrected chi connectivity index (χ3v) is 3.02. The lowest BCUT2D eigenvalue weighted by atomic mass is 10.0. The molecule has 0 atom stereocenters. The minimum Gasteiger partial charge on any atom is -0.491 e. The van der Waals surface area contributed by atoms with Crippen molar-refractivity contribution in [3.63, 3.8) is 0 Å². The standard InChI is InChI=1S/C16H18N2O2/c1-18(17-19)11-12-20-16-10-6-5-9-15(16)13-14-7-3-2-4-8-14/h2-10H,11-13H2,1H3. The van der Waals surface area contributed by atoms with Crippen molar-refractivity contribution in [3.05, 3.63) is 70.6 Å². The largest absolute Gasteiger partial charge is 0.491 e. The fourth-order valence-electron chi connectivity index (χ4n) is 1.93. The minimum absolute atomic E-state index is 0.439. The Hall–Kier alpha value is -2.36. The molecule has 4 heteroatoms. The van der Waals surface area contributed by atoms with Crippen LogP contribution in [0.25, 0.3) is 0 Å². The molecule has 104 valence electrons. The lowest BCUT2D eigenvalue weighted by Gasteiger charge is -2.13. The van der Waals surface area contributed by atoms with Gasteiger partial charge in [-0.2, -0.15) is 0 Å². The van der Waals surface area contributed by atoms with E-state index in [4.69, 9.17) is 4.74 Å². The van der Waals surface area contributed by atoms with Crippen LogP contribution in [0.5, 0.6) is 5.75 Å². The monoisotopic (exact) mass is 270 g/mol. The molecule has 0 fully saturated rings. The molecule has 2 aromatic carbocycles. The predicted molar refractivity (Wildman–Crippen MR) is 79.6 cm³/mol. The predicted octanol–water partition coefficient (Wildman–Crippen LogP) is 3.27. The average molecular weight is 270 g/mol. The van der Waals surface area contributed by atoms with Gasteiger partial charge in [0.1, 0.15) is 12.4 Å². The second-order valence-corrected chi connectivity index (χ2v) is 4.58. The number of likely N-dealkylation sites (N-methyl/N-ethyl adjacent to an activating group) is 1. The van der Waals surface area contributed by atoms with Gasteiger partial charge >= 0.3 is 0 Å². The van der Waals surface area contributed by atoms with E-state index < -0.39 is 0 Å². The molecule has 2 rings (SSSR count). The molecule has 0 N–H and O–H groups in total. The Labute approximate surface area is 118 Å². The normalized spacial score (nSPS) is 10.1.